The third-order valence-electron chi connectivity index (χ3n) is 4.16. The predicted molar refractivity (Wildman–Crippen MR) is 97.6 cm³/mol. The predicted octanol–water partition coefficient (Wildman–Crippen LogP) is 4.29. The molecule has 0 atom stereocenters. The summed E-state index contributed by atoms with van der Waals surface area (Å²) < 4.78 is 6.13. The molecule has 0 saturated heterocycles. The lowest BCUT2D eigenvalue weighted by molar-refractivity contribution is -0.135. The molecule has 3 rings (SSSR count). The molecular formula is C19H21NO4S. The summed E-state index contributed by atoms with van der Waals surface area (Å²) in [5.41, 5.74) is 0.335. The van der Waals surface area contributed by atoms with Crippen LogP contribution in [0.15, 0.2) is 30.3 Å². The Morgan fingerprint density at radius 1 is 1.16 bits per heavy atom. The molecule has 0 fully saturated rings. The Balaban J connectivity index is 2.06. The van der Waals surface area contributed by atoms with Crippen molar-refractivity contribution in [2.45, 2.75) is 45.3 Å². The monoisotopic (exact) mass is 359 g/mol. The lowest BCUT2D eigenvalue weighted by Crippen LogP contribution is -2.41. The summed E-state index contributed by atoms with van der Waals surface area (Å²) in [6.07, 6.45) is 0.491. The van der Waals surface area contributed by atoms with Crippen molar-refractivity contribution in [2.24, 2.45) is 0 Å². The van der Waals surface area contributed by atoms with Crippen LogP contribution in [0.25, 0.3) is 0 Å². The van der Waals surface area contributed by atoms with E-state index in [2.05, 4.69) is 5.32 Å². The molecule has 0 aliphatic carbocycles. The Hall–Kier alpha value is -2.18. The molecule has 5 nitrogen and oxygen atoms in total. The number of carboxylic acids is 1. The van der Waals surface area contributed by atoms with Gasteiger partial charge in [-0.25, -0.2) is 4.79 Å². The van der Waals surface area contributed by atoms with E-state index >= 15 is 0 Å². The van der Waals surface area contributed by atoms with Gasteiger partial charge in [0.1, 0.15) is 5.00 Å². The Labute approximate surface area is 150 Å². The molecule has 0 bridgehead atoms. The van der Waals surface area contributed by atoms with Crippen molar-refractivity contribution in [1.82, 2.24) is 0 Å². The summed E-state index contributed by atoms with van der Waals surface area (Å²) >= 11 is 1.28. The summed E-state index contributed by atoms with van der Waals surface area (Å²) in [6.45, 7) is 7.75. The lowest BCUT2D eigenvalue weighted by atomic mass is 9.86. The normalized spacial score (nSPS) is 17.6. The minimum absolute atomic E-state index is 0.175. The van der Waals surface area contributed by atoms with Crippen LogP contribution in [0.2, 0.25) is 0 Å². The average Bonchev–Trinajstić information content (AvgIpc) is 2.85. The molecule has 1 aliphatic heterocycles. The van der Waals surface area contributed by atoms with Crippen LogP contribution >= 0.6 is 11.3 Å². The van der Waals surface area contributed by atoms with Crippen LogP contribution in [0, 0.1) is 0 Å². The van der Waals surface area contributed by atoms with Gasteiger partial charge in [0.05, 0.1) is 16.8 Å². The van der Waals surface area contributed by atoms with Crippen molar-refractivity contribution < 1.29 is 19.4 Å². The third-order valence-corrected chi connectivity index (χ3v) is 5.62. The van der Waals surface area contributed by atoms with Crippen LogP contribution in [0.1, 0.15) is 58.9 Å². The summed E-state index contributed by atoms with van der Waals surface area (Å²) in [5, 5.41) is 12.9. The number of benzene rings is 1. The van der Waals surface area contributed by atoms with Gasteiger partial charge in [0.2, 0.25) is 0 Å². The van der Waals surface area contributed by atoms with Crippen LogP contribution in [-0.4, -0.2) is 22.6 Å². The topological polar surface area (TPSA) is 75.6 Å². The van der Waals surface area contributed by atoms with Crippen molar-refractivity contribution in [3.8, 4) is 0 Å². The fraction of sp³-hybridized carbons (Fsp3) is 0.368. The molecule has 132 valence electrons. The van der Waals surface area contributed by atoms with E-state index in [4.69, 9.17) is 4.74 Å². The highest BCUT2D eigenvalue weighted by atomic mass is 32.1. The zero-order chi connectivity index (χ0) is 18.4. The van der Waals surface area contributed by atoms with Crippen LogP contribution in [-0.2, 0) is 16.8 Å². The zero-order valence-corrected chi connectivity index (χ0v) is 15.5. The first kappa shape index (κ1) is 17.6. The molecule has 1 amide bonds. The second-order valence-corrected chi connectivity index (χ2v) is 8.31. The molecule has 6 heteroatoms. The minimum atomic E-state index is -1.03. The van der Waals surface area contributed by atoms with Gasteiger partial charge in [0.15, 0.2) is 0 Å². The van der Waals surface area contributed by atoms with Crippen LogP contribution in [0.3, 0.4) is 0 Å². The number of hydrogen-bond donors (Lipinski definition) is 2. The van der Waals surface area contributed by atoms with Crippen LogP contribution < -0.4 is 5.32 Å². The first-order chi connectivity index (χ1) is 11.6. The second kappa shape index (κ2) is 5.97. The standard InChI is InChI=1S/C19H21NO4S/c1-18(2)10-12-13(17(22)23)16(25-14(12)19(3,4)24-18)20-15(21)11-8-6-5-7-9-11/h5-9H,10H2,1-4H3,(H,20,21)(H,22,23). The van der Waals surface area contributed by atoms with Gasteiger partial charge in [-0.3, -0.25) is 4.79 Å². The number of fused-ring (bicyclic) bond motifs is 1. The maximum absolute atomic E-state index is 12.5. The molecule has 0 spiro atoms. The number of carboxylic acid groups (broad SMARTS) is 1. The van der Waals surface area contributed by atoms with Crippen molar-refractivity contribution in [3.63, 3.8) is 0 Å². The maximum Gasteiger partial charge on any atom is 0.339 e. The van der Waals surface area contributed by atoms with Gasteiger partial charge in [-0.05, 0) is 45.4 Å². The maximum atomic E-state index is 12.5. The number of thiophene rings is 1. The van der Waals surface area contributed by atoms with Gasteiger partial charge >= 0.3 is 5.97 Å². The summed E-state index contributed by atoms with van der Waals surface area (Å²) in [5.74, 6) is -1.35. The summed E-state index contributed by atoms with van der Waals surface area (Å²) in [6, 6.07) is 8.75. The van der Waals surface area contributed by atoms with Gasteiger partial charge in [-0.1, -0.05) is 18.2 Å². The van der Waals surface area contributed by atoms with Crippen molar-refractivity contribution in [2.75, 3.05) is 5.32 Å². The van der Waals surface area contributed by atoms with E-state index < -0.39 is 17.2 Å². The minimum Gasteiger partial charge on any atom is -0.478 e. The molecule has 25 heavy (non-hydrogen) atoms. The zero-order valence-electron chi connectivity index (χ0n) is 14.7. The Morgan fingerprint density at radius 2 is 1.80 bits per heavy atom. The molecule has 0 unspecified atom stereocenters. The molecule has 1 aromatic carbocycles. The molecule has 0 radical (unpaired) electrons. The van der Waals surface area contributed by atoms with Gasteiger partial charge < -0.3 is 15.2 Å². The molecule has 1 aliphatic rings. The highest BCUT2D eigenvalue weighted by Gasteiger charge is 2.43. The molecular weight excluding hydrogens is 338 g/mol. The Morgan fingerprint density at radius 3 is 2.40 bits per heavy atom. The van der Waals surface area contributed by atoms with Gasteiger partial charge in [-0.2, -0.15) is 0 Å². The van der Waals surface area contributed by atoms with Crippen LogP contribution in [0.4, 0.5) is 5.00 Å². The number of nitrogens with one attached hydrogen (secondary N) is 1. The average molecular weight is 359 g/mol. The number of hydrogen-bond acceptors (Lipinski definition) is 4. The van der Waals surface area contributed by atoms with Gasteiger partial charge in [-0.15, -0.1) is 11.3 Å². The molecule has 2 N–H and O–H groups in total. The number of aromatic carboxylic acids is 1. The van der Waals surface area contributed by atoms with E-state index in [9.17, 15) is 14.7 Å². The highest BCUT2D eigenvalue weighted by molar-refractivity contribution is 7.17. The quantitative estimate of drug-likeness (QED) is 0.857. The SMILES string of the molecule is CC1(C)Cc2c(sc(NC(=O)c3ccccc3)c2C(=O)O)C(C)(C)O1. The first-order valence-corrected chi connectivity index (χ1v) is 8.88. The number of ether oxygens (including phenoxy) is 1. The summed E-state index contributed by atoms with van der Waals surface area (Å²) in [7, 11) is 0. The lowest BCUT2D eigenvalue weighted by Gasteiger charge is -2.41. The van der Waals surface area contributed by atoms with E-state index in [1.54, 1.807) is 24.3 Å². The number of carbonyl (C=O) groups excluding carboxylic acids is 1. The number of carbonyl (C=O) groups is 2. The summed E-state index contributed by atoms with van der Waals surface area (Å²) in [4.78, 5) is 25.2. The van der Waals surface area contributed by atoms with E-state index in [-0.39, 0.29) is 11.5 Å². The fourth-order valence-corrected chi connectivity index (χ4v) is 4.64. The first-order valence-electron chi connectivity index (χ1n) is 8.07. The van der Waals surface area contributed by atoms with Gasteiger partial charge in [0, 0.05) is 16.9 Å². The van der Waals surface area contributed by atoms with E-state index in [1.165, 1.54) is 11.3 Å². The molecule has 0 saturated carbocycles. The van der Waals surface area contributed by atoms with Crippen molar-refractivity contribution >= 4 is 28.2 Å². The van der Waals surface area contributed by atoms with Crippen molar-refractivity contribution in [3.05, 3.63) is 51.9 Å². The Bertz CT molecular complexity index is 837. The molecule has 1 aromatic heterocycles. The number of anilines is 1. The van der Waals surface area contributed by atoms with Crippen molar-refractivity contribution in [1.29, 1.82) is 0 Å². The fourth-order valence-electron chi connectivity index (χ4n) is 3.40. The number of rotatable bonds is 3. The van der Waals surface area contributed by atoms with E-state index in [1.807, 2.05) is 33.8 Å². The molecule has 2 heterocycles. The highest BCUT2D eigenvalue weighted by Crippen LogP contribution is 2.48. The van der Waals surface area contributed by atoms with Gasteiger partial charge in [0.25, 0.3) is 5.91 Å². The van der Waals surface area contributed by atoms with E-state index in [0.29, 0.717) is 17.0 Å². The third kappa shape index (κ3) is 3.32. The van der Waals surface area contributed by atoms with Crippen LogP contribution in [0.5, 0.6) is 0 Å². The van der Waals surface area contributed by atoms with E-state index in [0.717, 1.165) is 10.4 Å². The molecule has 2 aromatic rings. The largest absolute Gasteiger partial charge is 0.478 e. The second-order valence-electron chi connectivity index (χ2n) is 7.29. The smallest absolute Gasteiger partial charge is 0.339 e. The Kier molecular flexibility index (Phi) is 4.21. The number of amides is 1.